The van der Waals surface area contributed by atoms with Crippen LogP contribution in [0.5, 0.6) is 0 Å². The van der Waals surface area contributed by atoms with Crippen molar-refractivity contribution in [2.45, 2.75) is 6.42 Å². The van der Waals surface area contributed by atoms with E-state index in [1.807, 2.05) is 59.2 Å². The fourth-order valence-corrected chi connectivity index (χ4v) is 3.61. The van der Waals surface area contributed by atoms with Crippen molar-refractivity contribution in [1.82, 2.24) is 4.57 Å². The molecule has 1 aromatic heterocycles. The number of esters is 2. The van der Waals surface area contributed by atoms with Gasteiger partial charge in [0.1, 0.15) is 5.56 Å². The molecule has 0 fully saturated rings. The van der Waals surface area contributed by atoms with Crippen molar-refractivity contribution in [3.8, 4) is 16.9 Å². The molecule has 0 saturated carbocycles. The molecule has 0 bridgehead atoms. The summed E-state index contributed by atoms with van der Waals surface area (Å²) in [6.07, 6.45) is 0.553. The van der Waals surface area contributed by atoms with Crippen molar-refractivity contribution in [2.24, 2.45) is 0 Å². The Morgan fingerprint density at radius 3 is 2.15 bits per heavy atom. The molecule has 2 heterocycles. The quantitative estimate of drug-likeness (QED) is 0.531. The molecular formula is C21H17NO4. The summed E-state index contributed by atoms with van der Waals surface area (Å²) in [5.41, 5.74) is 4.81. The van der Waals surface area contributed by atoms with Crippen LogP contribution in [0, 0.1) is 0 Å². The summed E-state index contributed by atoms with van der Waals surface area (Å²) in [6.45, 7) is 0. The number of nitrogens with zero attached hydrogens (tertiary/aromatic N) is 1. The van der Waals surface area contributed by atoms with Gasteiger partial charge in [0.2, 0.25) is 0 Å². The lowest BCUT2D eigenvalue weighted by Gasteiger charge is -2.11. The zero-order valence-corrected chi connectivity index (χ0v) is 14.5. The summed E-state index contributed by atoms with van der Waals surface area (Å²) in [4.78, 5) is 25.2. The second-order valence-electron chi connectivity index (χ2n) is 6.04. The molecule has 0 amide bonds. The minimum atomic E-state index is -0.552. The summed E-state index contributed by atoms with van der Waals surface area (Å²) in [7, 11) is 2.63. The molecule has 0 N–H and O–H groups in total. The number of hydrogen-bond acceptors (Lipinski definition) is 4. The fourth-order valence-electron chi connectivity index (χ4n) is 3.61. The Hall–Kier alpha value is -3.34. The highest BCUT2D eigenvalue weighted by molar-refractivity contribution is 6.09. The maximum Gasteiger partial charge on any atom is 0.340 e. The van der Waals surface area contributed by atoms with Gasteiger partial charge in [0.15, 0.2) is 0 Å². The van der Waals surface area contributed by atoms with Gasteiger partial charge in [-0.25, -0.2) is 9.59 Å². The Balaban J connectivity index is 2.13. The van der Waals surface area contributed by atoms with Gasteiger partial charge in [-0.1, -0.05) is 48.5 Å². The largest absolute Gasteiger partial charge is 0.465 e. The van der Waals surface area contributed by atoms with Crippen LogP contribution in [0.1, 0.15) is 32.0 Å². The average Bonchev–Trinajstić information content (AvgIpc) is 3.21. The maximum atomic E-state index is 12.6. The van der Waals surface area contributed by atoms with E-state index in [4.69, 9.17) is 9.47 Å². The molecule has 0 aliphatic carbocycles. The van der Waals surface area contributed by atoms with Crippen LogP contribution < -0.4 is 0 Å². The van der Waals surface area contributed by atoms with Crippen molar-refractivity contribution in [3.05, 3.63) is 77.0 Å². The Morgan fingerprint density at radius 2 is 1.46 bits per heavy atom. The van der Waals surface area contributed by atoms with Crippen molar-refractivity contribution in [2.75, 3.05) is 14.2 Å². The van der Waals surface area contributed by atoms with Gasteiger partial charge < -0.3 is 14.0 Å². The smallest absolute Gasteiger partial charge is 0.340 e. The average molecular weight is 347 g/mol. The highest BCUT2D eigenvalue weighted by Crippen LogP contribution is 2.41. The third-order valence-electron chi connectivity index (χ3n) is 4.69. The monoisotopic (exact) mass is 347 g/mol. The Labute approximate surface area is 150 Å². The van der Waals surface area contributed by atoms with Crippen LogP contribution in [0.4, 0.5) is 0 Å². The van der Waals surface area contributed by atoms with Gasteiger partial charge in [-0.2, -0.15) is 0 Å². The van der Waals surface area contributed by atoms with Crippen LogP contribution in [0.3, 0.4) is 0 Å². The number of rotatable bonds is 3. The molecule has 5 heteroatoms. The molecule has 5 nitrogen and oxygen atoms in total. The number of carbonyl (C=O) groups excluding carboxylic acids is 2. The van der Waals surface area contributed by atoms with Gasteiger partial charge in [-0.3, -0.25) is 0 Å². The van der Waals surface area contributed by atoms with Gasteiger partial charge in [0.25, 0.3) is 0 Å². The number of para-hydroxylation sites is 1. The maximum absolute atomic E-state index is 12.6. The molecule has 0 saturated heterocycles. The standard InChI is InChI=1S/C21H17NO4/c1-25-20(23)17-16-12-14-10-6-7-11-15(14)22(16)19(18(17)21(24)26-2)13-8-4-3-5-9-13/h3-11H,12H2,1-2H3. The molecule has 0 spiro atoms. The lowest BCUT2D eigenvalue weighted by molar-refractivity contribution is 0.0556. The predicted octanol–water partition coefficient (Wildman–Crippen LogP) is 3.62. The van der Waals surface area contributed by atoms with Crippen LogP contribution >= 0.6 is 0 Å². The first kappa shape index (κ1) is 16.1. The third kappa shape index (κ3) is 2.24. The molecule has 26 heavy (non-hydrogen) atoms. The minimum absolute atomic E-state index is 0.245. The van der Waals surface area contributed by atoms with E-state index < -0.39 is 11.9 Å². The summed E-state index contributed by atoms with van der Waals surface area (Å²) in [6, 6.07) is 17.4. The topological polar surface area (TPSA) is 57.5 Å². The molecule has 3 aromatic rings. The summed E-state index contributed by atoms with van der Waals surface area (Å²) < 4.78 is 12.0. The molecule has 2 aromatic carbocycles. The van der Waals surface area contributed by atoms with E-state index in [0.29, 0.717) is 12.1 Å². The van der Waals surface area contributed by atoms with E-state index in [1.54, 1.807) is 0 Å². The van der Waals surface area contributed by atoms with E-state index in [0.717, 1.165) is 22.5 Å². The van der Waals surface area contributed by atoms with E-state index in [9.17, 15) is 9.59 Å². The number of methoxy groups -OCH3 is 2. The highest BCUT2D eigenvalue weighted by atomic mass is 16.5. The van der Waals surface area contributed by atoms with Crippen molar-refractivity contribution in [1.29, 1.82) is 0 Å². The van der Waals surface area contributed by atoms with Crippen LogP contribution in [0.15, 0.2) is 54.6 Å². The van der Waals surface area contributed by atoms with Crippen molar-refractivity contribution >= 4 is 11.9 Å². The molecular weight excluding hydrogens is 330 g/mol. The number of fused-ring (bicyclic) bond motifs is 3. The lowest BCUT2D eigenvalue weighted by atomic mass is 10.0. The van der Waals surface area contributed by atoms with Gasteiger partial charge >= 0.3 is 11.9 Å². The second kappa shape index (κ2) is 6.19. The van der Waals surface area contributed by atoms with Crippen LogP contribution in [-0.4, -0.2) is 30.7 Å². The van der Waals surface area contributed by atoms with E-state index in [2.05, 4.69) is 0 Å². The van der Waals surface area contributed by atoms with Gasteiger partial charge in [0.05, 0.1) is 25.5 Å². The van der Waals surface area contributed by atoms with Crippen molar-refractivity contribution in [3.63, 3.8) is 0 Å². The van der Waals surface area contributed by atoms with E-state index in [-0.39, 0.29) is 11.1 Å². The normalized spacial score (nSPS) is 11.6. The number of benzene rings is 2. The van der Waals surface area contributed by atoms with Crippen LogP contribution in [0.25, 0.3) is 16.9 Å². The van der Waals surface area contributed by atoms with Gasteiger partial charge in [-0.05, 0) is 17.2 Å². The first-order valence-corrected chi connectivity index (χ1v) is 8.25. The Morgan fingerprint density at radius 1 is 0.846 bits per heavy atom. The molecule has 0 unspecified atom stereocenters. The number of aromatic nitrogens is 1. The zero-order valence-electron chi connectivity index (χ0n) is 14.5. The van der Waals surface area contributed by atoms with E-state index >= 15 is 0 Å². The number of carbonyl (C=O) groups is 2. The summed E-state index contributed by atoms with van der Waals surface area (Å²) >= 11 is 0. The zero-order chi connectivity index (χ0) is 18.3. The second-order valence-corrected chi connectivity index (χ2v) is 6.04. The molecule has 0 radical (unpaired) electrons. The Bertz CT molecular complexity index is 1020. The van der Waals surface area contributed by atoms with Gasteiger partial charge in [0, 0.05) is 17.8 Å². The first-order valence-electron chi connectivity index (χ1n) is 8.25. The lowest BCUT2D eigenvalue weighted by Crippen LogP contribution is -2.12. The Kier molecular flexibility index (Phi) is 3.84. The molecule has 4 rings (SSSR count). The minimum Gasteiger partial charge on any atom is -0.465 e. The SMILES string of the molecule is COC(=O)c1c(C(=O)OC)c(-c2ccccc2)n2c1Cc1ccccc1-2. The predicted molar refractivity (Wildman–Crippen MR) is 96.7 cm³/mol. The van der Waals surface area contributed by atoms with Gasteiger partial charge in [-0.15, -0.1) is 0 Å². The van der Waals surface area contributed by atoms with E-state index in [1.165, 1.54) is 14.2 Å². The third-order valence-corrected chi connectivity index (χ3v) is 4.69. The van der Waals surface area contributed by atoms with Crippen LogP contribution in [-0.2, 0) is 15.9 Å². The van der Waals surface area contributed by atoms with Crippen LogP contribution in [0.2, 0.25) is 0 Å². The molecule has 1 aliphatic rings. The molecule has 1 aliphatic heterocycles. The fraction of sp³-hybridized carbons (Fsp3) is 0.143. The highest BCUT2D eigenvalue weighted by Gasteiger charge is 2.36. The first-order chi connectivity index (χ1) is 12.7. The molecule has 0 atom stereocenters. The molecule has 130 valence electrons. The summed E-state index contributed by atoms with van der Waals surface area (Å²) in [5, 5.41) is 0. The van der Waals surface area contributed by atoms with Crippen molar-refractivity contribution < 1.29 is 19.1 Å². The number of ether oxygens (including phenoxy) is 2. The number of hydrogen-bond donors (Lipinski definition) is 0. The summed E-state index contributed by atoms with van der Waals surface area (Å²) in [5.74, 6) is -1.09.